The van der Waals surface area contributed by atoms with Crippen molar-refractivity contribution in [3.8, 4) is 0 Å². The number of nitrogens with two attached hydrogens (primary N) is 1. The van der Waals surface area contributed by atoms with Crippen LogP contribution in [0, 0.1) is 24.7 Å². The van der Waals surface area contributed by atoms with Crippen molar-refractivity contribution in [2.24, 2.45) is 23.5 Å². The fourth-order valence-electron chi connectivity index (χ4n) is 3.83. The fourth-order valence-corrected chi connectivity index (χ4v) is 3.83. The van der Waals surface area contributed by atoms with Gasteiger partial charge in [-0.2, -0.15) is 0 Å². The SMILES string of the molecule is Cc1cccc(CN(C)CC2C(C)CC(C)CC2N)c1. The molecule has 2 rings (SSSR count). The van der Waals surface area contributed by atoms with Crippen LogP contribution in [0.4, 0.5) is 0 Å². The van der Waals surface area contributed by atoms with Gasteiger partial charge < -0.3 is 10.6 Å². The molecule has 0 bridgehead atoms. The highest BCUT2D eigenvalue weighted by Crippen LogP contribution is 2.33. The molecule has 0 heterocycles. The summed E-state index contributed by atoms with van der Waals surface area (Å²) >= 11 is 0. The molecule has 20 heavy (non-hydrogen) atoms. The van der Waals surface area contributed by atoms with Crippen molar-refractivity contribution < 1.29 is 0 Å². The minimum absolute atomic E-state index is 0.369. The summed E-state index contributed by atoms with van der Waals surface area (Å²) in [6, 6.07) is 9.17. The minimum Gasteiger partial charge on any atom is -0.327 e. The van der Waals surface area contributed by atoms with Gasteiger partial charge in [-0.05, 0) is 50.1 Å². The van der Waals surface area contributed by atoms with Crippen LogP contribution in [0.25, 0.3) is 0 Å². The standard InChI is InChI=1S/C18H30N2/c1-13-6-5-7-16(9-13)11-20(4)12-17-15(3)8-14(2)10-18(17)19/h5-7,9,14-15,17-18H,8,10-12,19H2,1-4H3. The molecule has 1 aromatic rings. The zero-order valence-electron chi connectivity index (χ0n) is 13.5. The lowest BCUT2D eigenvalue weighted by atomic mass is 9.72. The maximum Gasteiger partial charge on any atom is 0.0230 e. The molecule has 2 nitrogen and oxygen atoms in total. The van der Waals surface area contributed by atoms with E-state index in [-0.39, 0.29) is 0 Å². The van der Waals surface area contributed by atoms with Crippen LogP contribution in [0.1, 0.15) is 37.8 Å². The number of aryl methyl sites for hydroxylation is 1. The van der Waals surface area contributed by atoms with E-state index in [1.807, 2.05) is 0 Å². The summed E-state index contributed by atoms with van der Waals surface area (Å²) in [7, 11) is 2.22. The van der Waals surface area contributed by atoms with E-state index in [0.717, 1.165) is 24.9 Å². The number of benzene rings is 1. The van der Waals surface area contributed by atoms with Crippen LogP contribution < -0.4 is 5.73 Å². The first-order valence-electron chi connectivity index (χ1n) is 7.95. The highest BCUT2D eigenvalue weighted by molar-refractivity contribution is 5.22. The second kappa shape index (κ2) is 6.73. The predicted molar refractivity (Wildman–Crippen MR) is 86.5 cm³/mol. The van der Waals surface area contributed by atoms with Gasteiger partial charge in [-0.25, -0.2) is 0 Å². The second-order valence-electron chi connectivity index (χ2n) is 7.07. The van der Waals surface area contributed by atoms with E-state index in [0.29, 0.717) is 12.0 Å². The number of hydrogen-bond donors (Lipinski definition) is 1. The third-order valence-electron chi connectivity index (χ3n) is 4.79. The van der Waals surface area contributed by atoms with Crippen LogP contribution >= 0.6 is 0 Å². The lowest BCUT2D eigenvalue weighted by molar-refractivity contribution is 0.127. The maximum absolute atomic E-state index is 6.40. The summed E-state index contributed by atoms with van der Waals surface area (Å²) in [6.45, 7) is 9.00. The van der Waals surface area contributed by atoms with Crippen molar-refractivity contribution in [1.82, 2.24) is 4.90 Å². The second-order valence-corrected chi connectivity index (χ2v) is 7.07. The molecule has 0 saturated heterocycles. The van der Waals surface area contributed by atoms with E-state index in [9.17, 15) is 0 Å². The fraction of sp³-hybridized carbons (Fsp3) is 0.667. The van der Waals surface area contributed by atoms with Crippen LogP contribution in [0.5, 0.6) is 0 Å². The largest absolute Gasteiger partial charge is 0.327 e. The molecular weight excluding hydrogens is 244 g/mol. The molecule has 4 unspecified atom stereocenters. The first kappa shape index (κ1) is 15.5. The molecule has 1 fully saturated rings. The Morgan fingerprint density at radius 2 is 2.00 bits per heavy atom. The van der Waals surface area contributed by atoms with Crippen molar-refractivity contribution in [3.63, 3.8) is 0 Å². The summed E-state index contributed by atoms with van der Waals surface area (Å²) < 4.78 is 0. The summed E-state index contributed by atoms with van der Waals surface area (Å²) in [5, 5.41) is 0. The van der Waals surface area contributed by atoms with Crippen molar-refractivity contribution in [2.75, 3.05) is 13.6 Å². The number of nitrogens with zero attached hydrogens (tertiary/aromatic N) is 1. The summed E-state index contributed by atoms with van der Waals surface area (Å²) in [5.41, 5.74) is 9.14. The molecule has 1 saturated carbocycles. The van der Waals surface area contributed by atoms with Gasteiger partial charge in [-0.1, -0.05) is 43.7 Å². The lowest BCUT2D eigenvalue weighted by Gasteiger charge is -2.39. The van der Waals surface area contributed by atoms with Gasteiger partial charge in [0.05, 0.1) is 0 Å². The first-order valence-corrected chi connectivity index (χ1v) is 7.95. The Kier molecular flexibility index (Phi) is 5.22. The van der Waals surface area contributed by atoms with E-state index in [1.165, 1.54) is 24.0 Å². The van der Waals surface area contributed by atoms with Crippen LogP contribution in [-0.4, -0.2) is 24.5 Å². The van der Waals surface area contributed by atoms with Gasteiger partial charge in [0.15, 0.2) is 0 Å². The van der Waals surface area contributed by atoms with E-state index < -0.39 is 0 Å². The average Bonchev–Trinajstić information content (AvgIpc) is 2.33. The zero-order chi connectivity index (χ0) is 14.7. The van der Waals surface area contributed by atoms with Crippen LogP contribution in [0.3, 0.4) is 0 Å². The molecule has 0 aromatic heterocycles. The van der Waals surface area contributed by atoms with E-state index in [2.05, 4.69) is 57.0 Å². The molecule has 4 atom stereocenters. The molecule has 1 aliphatic rings. The van der Waals surface area contributed by atoms with Gasteiger partial charge in [0.25, 0.3) is 0 Å². The van der Waals surface area contributed by atoms with E-state index in [1.54, 1.807) is 0 Å². The Morgan fingerprint density at radius 3 is 2.65 bits per heavy atom. The maximum atomic E-state index is 6.40. The quantitative estimate of drug-likeness (QED) is 0.911. The van der Waals surface area contributed by atoms with Crippen molar-refractivity contribution in [2.45, 2.75) is 46.2 Å². The molecule has 2 heteroatoms. The minimum atomic E-state index is 0.369. The third-order valence-corrected chi connectivity index (χ3v) is 4.79. The Hall–Kier alpha value is -0.860. The molecule has 0 aliphatic heterocycles. The van der Waals surface area contributed by atoms with Gasteiger partial charge in [0.1, 0.15) is 0 Å². The number of hydrogen-bond acceptors (Lipinski definition) is 2. The summed E-state index contributed by atoms with van der Waals surface area (Å²) in [6.07, 6.45) is 2.52. The van der Waals surface area contributed by atoms with Gasteiger partial charge >= 0.3 is 0 Å². The topological polar surface area (TPSA) is 29.3 Å². The normalized spacial score (nSPS) is 30.7. The summed E-state index contributed by atoms with van der Waals surface area (Å²) in [5.74, 6) is 2.17. The number of rotatable bonds is 4. The Bertz CT molecular complexity index is 417. The molecule has 0 amide bonds. The van der Waals surface area contributed by atoms with Crippen LogP contribution in [-0.2, 0) is 6.54 Å². The van der Waals surface area contributed by atoms with Gasteiger partial charge in [0.2, 0.25) is 0 Å². The van der Waals surface area contributed by atoms with E-state index >= 15 is 0 Å². The molecule has 1 aliphatic carbocycles. The monoisotopic (exact) mass is 274 g/mol. The van der Waals surface area contributed by atoms with Gasteiger partial charge in [-0.3, -0.25) is 0 Å². The van der Waals surface area contributed by atoms with Crippen molar-refractivity contribution in [3.05, 3.63) is 35.4 Å². The summed E-state index contributed by atoms with van der Waals surface area (Å²) in [4.78, 5) is 2.44. The van der Waals surface area contributed by atoms with Crippen molar-refractivity contribution >= 4 is 0 Å². The highest BCUT2D eigenvalue weighted by atomic mass is 15.1. The first-order chi connectivity index (χ1) is 9.45. The molecule has 2 N–H and O–H groups in total. The Balaban J connectivity index is 1.92. The van der Waals surface area contributed by atoms with E-state index in [4.69, 9.17) is 5.73 Å². The third kappa shape index (κ3) is 4.07. The zero-order valence-corrected chi connectivity index (χ0v) is 13.5. The average molecular weight is 274 g/mol. The Morgan fingerprint density at radius 1 is 1.25 bits per heavy atom. The lowest BCUT2D eigenvalue weighted by Crippen LogP contribution is -2.45. The predicted octanol–water partition coefficient (Wildman–Crippen LogP) is 3.44. The smallest absolute Gasteiger partial charge is 0.0230 e. The van der Waals surface area contributed by atoms with Crippen LogP contribution in [0.15, 0.2) is 24.3 Å². The Labute approximate surface area is 124 Å². The van der Waals surface area contributed by atoms with Gasteiger partial charge in [0, 0.05) is 19.1 Å². The molecule has 0 spiro atoms. The molecule has 112 valence electrons. The molecule has 0 radical (unpaired) electrons. The van der Waals surface area contributed by atoms with Crippen molar-refractivity contribution in [1.29, 1.82) is 0 Å². The van der Waals surface area contributed by atoms with Crippen LogP contribution in [0.2, 0.25) is 0 Å². The molecular formula is C18H30N2. The molecule has 1 aromatic carbocycles. The highest BCUT2D eigenvalue weighted by Gasteiger charge is 2.32. The van der Waals surface area contributed by atoms with Gasteiger partial charge in [-0.15, -0.1) is 0 Å².